The largest absolute Gasteiger partial charge is 0.487 e. The van der Waals surface area contributed by atoms with E-state index in [0.717, 1.165) is 24.0 Å². The highest BCUT2D eigenvalue weighted by atomic mass is 35.5. The topological polar surface area (TPSA) is 59.0 Å². The van der Waals surface area contributed by atoms with Crippen molar-refractivity contribution < 1.29 is 19.5 Å². The molecule has 0 unspecified atom stereocenters. The molecule has 0 spiro atoms. The van der Waals surface area contributed by atoms with Gasteiger partial charge < -0.3 is 9.47 Å². The summed E-state index contributed by atoms with van der Waals surface area (Å²) in [5, 5.41) is 11.1. The van der Waals surface area contributed by atoms with Crippen molar-refractivity contribution in [3.63, 3.8) is 0 Å². The molecule has 1 amide bonds. The zero-order valence-electron chi connectivity index (χ0n) is 14.6. The Morgan fingerprint density at radius 2 is 1.96 bits per heavy atom. The normalized spacial score (nSPS) is 10.4. The van der Waals surface area contributed by atoms with Crippen LogP contribution in [0.5, 0.6) is 5.75 Å². The third-order valence-electron chi connectivity index (χ3n) is 3.98. The van der Waals surface area contributed by atoms with E-state index in [0.29, 0.717) is 27.1 Å². The van der Waals surface area contributed by atoms with Crippen molar-refractivity contribution in [2.45, 2.75) is 33.3 Å². The minimum atomic E-state index is -0.861. The van der Waals surface area contributed by atoms with Gasteiger partial charge in [-0.05, 0) is 42.2 Å². The molecular weight excluding hydrogens is 342 g/mol. The number of hydrogen-bond donors (Lipinski definition) is 1. The molecule has 0 aliphatic heterocycles. The smallest absolute Gasteiger partial charge is 0.438 e. The van der Waals surface area contributed by atoms with Crippen LogP contribution in [-0.2, 0) is 24.2 Å². The standard InChI is InChI=1S/C19H22ClNO4/c1-4-13-9-10-18(16(20)11-13)25-12-15-14(5-2)7-6-8-17(15)21(23)19(22)24-3/h6-11,23H,4-5,12H2,1-3H3. The molecule has 0 bridgehead atoms. The van der Waals surface area contributed by atoms with Gasteiger partial charge in [0.05, 0.1) is 17.8 Å². The lowest BCUT2D eigenvalue weighted by atomic mass is 10.0. The van der Waals surface area contributed by atoms with Gasteiger partial charge in [0.15, 0.2) is 0 Å². The van der Waals surface area contributed by atoms with E-state index in [1.165, 1.54) is 7.11 Å². The lowest BCUT2D eigenvalue weighted by Gasteiger charge is -2.20. The summed E-state index contributed by atoms with van der Waals surface area (Å²) >= 11 is 6.26. The molecule has 5 nitrogen and oxygen atoms in total. The molecule has 0 aliphatic carbocycles. The van der Waals surface area contributed by atoms with Gasteiger partial charge >= 0.3 is 6.09 Å². The van der Waals surface area contributed by atoms with Crippen LogP contribution in [0.3, 0.4) is 0 Å². The van der Waals surface area contributed by atoms with Crippen LogP contribution in [0.15, 0.2) is 36.4 Å². The Kier molecular flexibility index (Phi) is 6.67. The Bertz CT molecular complexity index is 748. The number of hydrogen-bond acceptors (Lipinski definition) is 4. The van der Waals surface area contributed by atoms with Gasteiger partial charge in [-0.25, -0.2) is 4.79 Å². The number of halogens is 1. The predicted octanol–water partition coefficient (Wildman–Crippen LogP) is 5.01. The molecule has 0 atom stereocenters. The third kappa shape index (κ3) is 4.44. The van der Waals surface area contributed by atoms with Crippen LogP contribution in [0.25, 0.3) is 0 Å². The SMILES string of the molecule is CCc1ccc(OCc2c(CC)cccc2N(O)C(=O)OC)c(Cl)c1. The average molecular weight is 364 g/mol. The summed E-state index contributed by atoms with van der Waals surface area (Å²) in [6.07, 6.45) is 0.755. The predicted molar refractivity (Wildman–Crippen MR) is 97.7 cm³/mol. The minimum Gasteiger partial charge on any atom is -0.487 e. The van der Waals surface area contributed by atoms with E-state index in [4.69, 9.17) is 16.3 Å². The first-order chi connectivity index (χ1) is 12.0. The van der Waals surface area contributed by atoms with E-state index in [-0.39, 0.29) is 6.61 Å². The van der Waals surface area contributed by atoms with E-state index in [1.807, 2.05) is 31.2 Å². The zero-order chi connectivity index (χ0) is 18.4. The van der Waals surface area contributed by atoms with Gasteiger partial charge in [0.25, 0.3) is 0 Å². The summed E-state index contributed by atoms with van der Waals surface area (Å²) < 4.78 is 10.4. The number of rotatable bonds is 6. The fourth-order valence-corrected chi connectivity index (χ4v) is 2.79. The van der Waals surface area contributed by atoms with Crippen LogP contribution >= 0.6 is 11.6 Å². The molecule has 0 saturated carbocycles. The lowest BCUT2D eigenvalue weighted by molar-refractivity contribution is 0.140. The van der Waals surface area contributed by atoms with E-state index in [9.17, 15) is 10.0 Å². The number of methoxy groups -OCH3 is 1. The van der Waals surface area contributed by atoms with Crippen LogP contribution < -0.4 is 9.80 Å². The van der Waals surface area contributed by atoms with E-state index < -0.39 is 6.09 Å². The number of aryl methyl sites for hydroxylation is 2. The number of hydroxylamine groups is 1. The second kappa shape index (κ2) is 8.74. The number of benzene rings is 2. The van der Waals surface area contributed by atoms with Crippen molar-refractivity contribution in [2.75, 3.05) is 12.2 Å². The highest BCUT2D eigenvalue weighted by Crippen LogP contribution is 2.30. The van der Waals surface area contributed by atoms with Gasteiger partial charge in [-0.15, -0.1) is 0 Å². The summed E-state index contributed by atoms with van der Waals surface area (Å²) in [7, 11) is 1.21. The van der Waals surface area contributed by atoms with Gasteiger partial charge in [-0.1, -0.05) is 43.6 Å². The molecule has 0 saturated heterocycles. The first-order valence-corrected chi connectivity index (χ1v) is 8.48. The van der Waals surface area contributed by atoms with Crippen LogP contribution in [0, 0.1) is 0 Å². The van der Waals surface area contributed by atoms with Crippen molar-refractivity contribution in [1.82, 2.24) is 0 Å². The van der Waals surface area contributed by atoms with Crippen molar-refractivity contribution >= 4 is 23.4 Å². The van der Waals surface area contributed by atoms with Crippen LogP contribution in [-0.4, -0.2) is 18.4 Å². The maximum absolute atomic E-state index is 11.7. The number of nitrogens with zero attached hydrogens (tertiary/aromatic N) is 1. The maximum Gasteiger partial charge on any atom is 0.438 e. The third-order valence-corrected chi connectivity index (χ3v) is 4.28. The Morgan fingerprint density at radius 3 is 2.56 bits per heavy atom. The van der Waals surface area contributed by atoms with E-state index in [1.54, 1.807) is 12.1 Å². The molecule has 0 aromatic heterocycles. The molecule has 2 rings (SSSR count). The molecule has 0 radical (unpaired) electrons. The van der Waals surface area contributed by atoms with Gasteiger partial charge in [0.2, 0.25) is 0 Å². The Labute approximate surface area is 152 Å². The molecule has 2 aromatic rings. The van der Waals surface area contributed by atoms with Crippen molar-refractivity contribution in [1.29, 1.82) is 0 Å². The van der Waals surface area contributed by atoms with Gasteiger partial charge in [0.1, 0.15) is 12.4 Å². The Hall–Kier alpha value is -2.24. The van der Waals surface area contributed by atoms with Crippen molar-refractivity contribution in [3.05, 3.63) is 58.1 Å². The Balaban J connectivity index is 2.30. The average Bonchev–Trinajstić information content (AvgIpc) is 2.65. The van der Waals surface area contributed by atoms with Crippen LogP contribution in [0.4, 0.5) is 10.5 Å². The maximum atomic E-state index is 11.7. The lowest BCUT2D eigenvalue weighted by Crippen LogP contribution is -2.28. The molecule has 2 aromatic carbocycles. The summed E-state index contributed by atoms with van der Waals surface area (Å²) in [6.45, 7) is 4.21. The minimum absolute atomic E-state index is 0.165. The quantitative estimate of drug-likeness (QED) is 0.579. The molecule has 6 heteroatoms. The van der Waals surface area contributed by atoms with E-state index >= 15 is 0 Å². The highest BCUT2D eigenvalue weighted by Gasteiger charge is 2.19. The van der Waals surface area contributed by atoms with Crippen molar-refractivity contribution in [3.8, 4) is 5.75 Å². The molecule has 1 N–H and O–H groups in total. The number of carbonyl (C=O) groups excluding carboxylic acids is 1. The fourth-order valence-electron chi connectivity index (χ4n) is 2.53. The molecule has 0 aliphatic rings. The summed E-state index contributed by atoms with van der Waals surface area (Å²) in [4.78, 5) is 11.7. The number of amides is 1. The number of carbonyl (C=O) groups is 1. The molecule has 0 heterocycles. The molecule has 25 heavy (non-hydrogen) atoms. The summed E-state index contributed by atoms with van der Waals surface area (Å²) in [5.41, 5.74) is 3.11. The Morgan fingerprint density at radius 1 is 1.20 bits per heavy atom. The number of ether oxygens (including phenoxy) is 2. The second-order valence-corrected chi connectivity index (χ2v) is 5.86. The first kappa shape index (κ1) is 19.1. The van der Waals surface area contributed by atoms with Crippen LogP contribution in [0.1, 0.15) is 30.5 Å². The number of anilines is 1. The molecule has 134 valence electrons. The van der Waals surface area contributed by atoms with Gasteiger partial charge in [-0.2, -0.15) is 5.06 Å². The van der Waals surface area contributed by atoms with Gasteiger partial charge in [0, 0.05) is 5.56 Å². The monoisotopic (exact) mass is 363 g/mol. The fraction of sp³-hybridized carbons (Fsp3) is 0.316. The van der Waals surface area contributed by atoms with E-state index in [2.05, 4.69) is 11.7 Å². The summed E-state index contributed by atoms with van der Waals surface area (Å²) in [6, 6.07) is 11.0. The second-order valence-electron chi connectivity index (χ2n) is 5.46. The first-order valence-electron chi connectivity index (χ1n) is 8.10. The van der Waals surface area contributed by atoms with Gasteiger partial charge in [-0.3, -0.25) is 5.21 Å². The zero-order valence-corrected chi connectivity index (χ0v) is 15.3. The summed E-state index contributed by atoms with van der Waals surface area (Å²) in [5.74, 6) is 0.554. The highest BCUT2D eigenvalue weighted by molar-refractivity contribution is 6.32. The molecule has 0 fully saturated rings. The molecular formula is C19H22ClNO4. The van der Waals surface area contributed by atoms with Crippen molar-refractivity contribution in [2.24, 2.45) is 0 Å². The van der Waals surface area contributed by atoms with Crippen LogP contribution in [0.2, 0.25) is 5.02 Å².